The minimum absolute atomic E-state index is 0.0619. The Labute approximate surface area is 207 Å². The first-order valence-electron chi connectivity index (χ1n) is 11.1. The number of rotatable bonds is 12. The number of carboxylic acids is 1. The minimum Gasteiger partial charge on any atom is -0.508 e. The number of phenols is 1. The Balaban J connectivity index is 2.07. The van der Waals surface area contributed by atoms with Crippen LogP contribution in [0.1, 0.15) is 31.2 Å². The molecule has 0 saturated carbocycles. The molecule has 1 aromatic rings. The number of aliphatic carboxylic acids is 1. The molecule has 1 aliphatic rings. The second-order valence-corrected chi connectivity index (χ2v) is 8.68. The molecule has 13 heteroatoms. The normalized spacial score (nSPS) is 17.8. The van der Waals surface area contributed by atoms with Crippen LogP contribution in [0, 0.1) is 0 Å². The Morgan fingerprint density at radius 1 is 1.09 bits per heavy atom. The molecule has 2 rings (SSSR count). The SMILES string of the molecule is NC(=O)CCC(NC(=O)C(N)Cc1ccc(O)cc1)C(=O)NC(CS)C(=O)N1CCCC1C(=O)O. The molecule has 4 atom stereocenters. The lowest BCUT2D eigenvalue weighted by molar-refractivity contribution is -0.149. The molecule has 8 N–H and O–H groups in total. The zero-order valence-electron chi connectivity index (χ0n) is 19.1. The molecule has 1 fully saturated rings. The Morgan fingerprint density at radius 2 is 1.71 bits per heavy atom. The number of phenolic OH excluding ortho intramolecular Hbond substituents is 1. The van der Waals surface area contributed by atoms with E-state index >= 15 is 0 Å². The highest BCUT2D eigenvalue weighted by Crippen LogP contribution is 2.19. The molecule has 4 unspecified atom stereocenters. The number of nitrogens with zero attached hydrogens (tertiary/aromatic N) is 1. The first kappa shape index (κ1) is 27.9. The van der Waals surface area contributed by atoms with E-state index in [2.05, 4.69) is 23.3 Å². The number of hydrogen-bond donors (Lipinski definition) is 7. The second-order valence-electron chi connectivity index (χ2n) is 8.31. The summed E-state index contributed by atoms with van der Waals surface area (Å²) in [5, 5.41) is 23.7. The molecule has 1 aliphatic heterocycles. The van der Waals surface area contributed by atoms with Crippen molar-refractivity contribution < 1.29 is 34.2 Å². The van der Waals surface area contributed by atoms with Gasteiger partial charge < -0.3 is 37.2 Å². The number of carboxylic acid groups (broad SMARTS) is 1. The van der Waals surface area contributed by atoms with Gasteiger partial charge in [0.1, 0.15) is 23.9 Å². The Kier molecular flexibility index (Phi) is 10.3. The van der Waals surface area contributed by atoms with E-state index < -0.39 is 53.8 Å². The maximum absolute atomic E-state index is 12.9. The summed E-state index contributed by atoms with van der Waals surface area (Å²) in [6, 6.07) is 1.74. The third kappa shape index (κ3) is 8.14. The fourth-order valence-corrected chi connectivity index (χ4v) is 4.01. The number of carbonyl (C=O) groups excluding carboxylic acids is 4. The molecule has 0 aliphatic carbocycles. The standard InChI is InChI=1S/C22H31N5O7S/c23-14(10-12-3-5-13(28)6-4-12)19(30)25-15(7-8-18(24)29)20(31)26-16(11-35)21(32)27-9-1-2-17(27)22(33)34/h3-6,14-17,28,35H,1-2,7-11,23H2,(H2,24,29)(H,25,30)(H,26,31)(H,33,34). The van der Waals surface area contributed by atoms with Crippen molar-refractivity contribution in [2.45, 2.75) is 56.3 Å². The van der Waals surface area contributed by atoms with Gasteiger partial charge in [0.15, 0.2) is 0 Å². The maximum Gasteiger partial charge on any atom is 0.326 e. The lowest BCUT2D eigenvalue weighted by Gasteiger charge is -2.28. The molecule has 1 heterocycles. The van der Waals surface area contributed by atoms with E-state index in [1.165, 1.54) is 17.0 Å². The van der Waals surface area contributed by atoms with Crippen LogP contribution in [0.5, 0.6) is 5.75 Å². The lowest BCUT2D eigenvalue weighted by atomic mass is 10.0. The topological polar surface area (TPSA) is 205 Å². The van der Waals surface area contributed by atoms with Crippen molar-refractivity contribution in [1.29, 1.82) is 0 Å². The van der Waals surface area contributed by atoms with Crippen molar-refractivity contribution in [2.75, 3.05) is 12.3 Å². The van der Waals surface area contributed by atoms with E-state index in [0.29, 0.717) is 18.4 Å². The monoisotopic (exact) mass is 509 g/mol. The average Bonchev–Trinajstić information content (AvgIpc) is 3.31. The number of benzene rings is 1. The molecule has 4 amide bonds. The van der Waals surface area contributed by atoms with Gasteiger partial charge in [0, 0.05) is 18.7 Å². The third-order valence-electron chi connectivity index (χ3n) is 5.66. The zero-order chi connectivity index (χ0) is 26.1. The van der Waals surface area contributed by atoms with Crippen LogP contribution >= 0.6 is 12.6 Å². The molecule has 0 spiro atoms. The second kappa shape index (κ2) is 13.0. The molecule has 0 bridgehead atoms. The third-order valence-corrected chi connectivity index (χ3v) is 6.02. The van der Waals surface area contributed by atoms with E-state index in [4.69, 9.17) is 11.5 Å². The molecule has 0 radical (unpaired) electrons. The number of likely N-dealkylation sites (tertiary alicyclic amines) is 1. The summed E-state index contributed by atoms with van der Waals surface area (Å²) in [4.78, 5) is 62.4. The fraction of sp³-hybridized carbons (Fsp3) is 0.500. The van der Waals surface area contributed by atoms with E-state index in [1.807, 2.05) is 0 Å². The summed E-state index contributed by atoms with van der Waals surface area (Å²) in [5.74, 6) is -3.88. The molecule has 35 heavy (non-hydrogen) atoms. The molecule has 1 aromatic carbocycles. The van der Waals surface area contributed by atoms with Crippen LogP contribution in [-0.4, -0.2) is 81.2 Å². The number of primary amides is 1. The van der Waals surface area contributed by atoms with E-state index in [1.54, 1.807) is 12.1 Å². The van der Waals surface area contributed by atoms with Crippen LogP contribution in [0.3, 0.4) is 0 Å². The van der Waals surface area contributed by atoms with Crippen molar-refractivity contribution in [3.63, 3.8) is 0 Å². The molecular weight excluding hydrogens is 478 g/mol. The first-order chi connectivity index (χ1) is 16.5. The van der Waals surface area contributed by atoms with Gasteiger partial charge in [-0.2, -0.15) is 12.6 Å². The van der Waals surface area contributed by atoms with Gasteiger partial charge in [-0.3, -0.25) is 19.2 Å². The first-order valence-corrected chi connectivity index (χ1v) is 11.7. The van der Waals surface area contributed by atoms with Crippen LogP contribution in [0.4, 0.5) is 0 Å². The number of nitrogens with one attached hydrogen (secondary N) is 2. The van der Waals surface area contributed by atoms with Crippen LogP contribution in [0.25, 0.3) is 0 Å². The highest BCUT2D eigenvalue weighted by atomic mass is 32.1. The van der Waals surface area contributed by atoms with Gasteiger partial charge >= 0.3 is 5.97 Å². The number of nitrogens with two attached hydrogens (primary N) is 2. The quantitative estimate of drug-likeness (QED) is 0.165. The number of thiol groups is 1. The minimum atomic E-state index is -1.22. The van der Waals surface area contributed by atoms with Crippen molar-refractivity contribution in [3.05, 3.63) is 29.8 Å². The summed E-state index contributed by atoms with van der Waals surface area (Å²) in [5.41, 5.74) is 11.8. The van der Waals surface area contributed by atoms with Crippen LogP contribution in [-0.2, 0) is 30.4 Å². The van der Waals surface area contributed by atoms with Gasteiger partial charge in [-0.1, -0.05) is 12.1 Å². The van der Waals surface area contributed by atoms with Crippen LogP contribution in [0.15, 0.2) is 24.3 Å². The summed E-state index contributed by atoms with van der Waals surface area (Å²) in [7, 11) is 0. The van der Waals surface area contributed by atoms with Crippen LogP contribution in [0.2, 0.25) is 0 Å². The van der Waals surface area contributed by atoms with E-state index in [9.17, 15) is 34.2 Å². The number of amides is 4. The Morgan fingerprint density at radius 3 is 2.29 bits per heavy atom. The van der Waals surface area contributed by atoms with E-state index in [-0.39, 0.29) is 37.3 Å². The molecule has 12 nitrogen and oxygen atoms in total. The smallest absolute Gasteiger partial charge is 0.326 e. The van der Waals surface area contributed by atoms with Gasteiger partial charge in [0.25, 0.3) is 0 Å². The summed E-state index contributed by atoms with van der Waals surface area (Å²) < 4.78 is 0. The summed E-state index contributed by atoms with van der Waals surface area (Å²) in [6.45, 7) is 0.240. The summed E-state index contributed by atoms with van der Waals surface area (Å²) >= 11 is 4.11. The maximum atomic E-state index is 12.9. The average molecular weight is 510 g/mol. The predicted molar refractivity (Wildman–Crippen MR) is 128 cm³/mol. The van der Waals surface area contributed by atoms with Gasteiger partial charge in [-0.25, -0.2) is 4.79 Å². The van der Waals surface area contributed by atoms with Gasteiger partial charge in [-0.15, -0.1) is 0 Å². The summed E-state index contributed by atoms with van der Waals surface area (Å²) in [6.07, 6.45) is 0.613. The van der Waals surface area contributed by atoms with Gasteiger partial charge in [0.2, 0.25) is 23.6 Å². The van der Waals surface area contributed by atoms with Crippen molar-refractivity contribution in [2.24, 2.45) is 11.5 Å². The number of aromatic hydroxyl groups is 1. The zero-order valence-corrected chi connectivity index (χ0v) is 19.9. The number of carbonyl (C=O) groups is 5. The Bertz CT molecular complexity index is 943. The van der Waals surface area contributed by atoms with Crippen LogP contribution < -0.4 is 22.1 Å². The predicted octanol–water partition coefficient (Wildman–Crippen LogP) is -1.50. The molecule has 0 aromatic heterocycles. The van der Waals surface area contributed by atoms with Crippen molar-refractivity contribution in [3.8, 4) is 5.75 Å². The molecular formula is C22H31N5O7S. The lowest BCUT2D eigenvalue weighted by Crippen LogP contribution is -2.58. The van der Waals surface area contributed by atoms with Gasteiger partial charge in [0.05, 0.1) is 6.04 Å². The van der Waals surface area contributed by atoms with Gasteiger partial charge in [-0.05, 0) is 43.4 Å². The van der Waals surface area contributed by atoms with E-state index in [0.717, 1.165) is 0 Å². The Hall–Kier alpha value is -3.32. The van der Waals surface area contributed by atoms with Crippen molar-refractivity contribution >= 4 is 42.2 Å². The largest absolute Gasteiger partial charge is 0.508 e. The number of hydrogen-bond acceptors (Lipinski definition) is 8. The highest BCUT2D eigenvalue weighted by molar-refractivity contribution is 7.80. The molecule has 192 valence electrons. The molecule has 1 saturated heterocycles. The highest BCUT2D eigenvalue weighted by Gasteiger charge is 2.38. The fourth-order valence-electron chi connectivity index (χ4n) is 3.76. The van der Waals surface area contributed by atoms with Crippen molar-refractivity contribution in [1.82, 2.24) is 15.5 Å².